The third-order valence-corrected chi connectivity index (χ3v) is 2.61. The molecule has 1 aromatic rings. The summed E-state index contributed by atoms with van der Waals surface area (Å²) in [5.74, 6) is -0.00824. The number of aromatic hydroxyl groups is 1. The van der Waals surface area contributed by atoms with Gasteiger partial charge in [-0.3, -0.25) is 10.1 Å². The highest BCUT2D eigenvalue weighted by Crippen LogP contribution is 2.38. The van der Waals surface area contributed by atoms with Gasteiger partial charge in [-0.1, -0.05) is 6.07 Å². The van der Waals surface area contributed by atoms with E-state index in [0.29, 0.717) is 5.69 Å². The molecule has 5 heteroatoms. The highest BCUT2D eigenvalue weighted by Gasteiger charge is 2.24. The van der Waals surface area contributed by atoms with Crippen LogP contribution in [0.1, 0.15) is 12.8 Å². The first-order valence-electron chi connectivity index (χ1n) is 4.91. The Hall–Kier alpha value is -1.78. The predicted octanol–water partition coefficient (Wildman–Crippen LogP) is 1.90. The highest BCUT2D eigenvalue weighted by atomic mass is 16.6. The van der Waals surface area contributed by atoms with Crippen LogP contribution in [0.2, 0.25) is 0 Å². The molecule has 15 heavy (non-hydrogen) atoms. The van der Waals surface area contributed by atoms with Gasteiger partial charge >= 0.3 is 0 Å². The fourth-order valence-corrected chi connectivity index (χ4v) is 1.93. The van der Waals surface area contributed by atoms with Crippen LogP contribution in [0.3, 0.4) is 0 Å². The van der Waals surface area contributed by atoms with E-state index in [-0.39, 0.29) is 11.4 Å². The second-order valence-electron chi connectivity index (χ2n) is 3.60. The average Bonchev–Trinajstić information content (AvgIpc) is 2.70. The highest BCUT2D eigenvalue weighted by molar-refractivity contribution is 5.71. The summed E-state index contributed by atoms with van der Waals surface area (Å²) in [6, 6.07) is 4.40. The van der Waals surface area contributed by atoms with Crippen LogP contribution in [0.25, 0.3) is 0 Å². The Bertz CT molecular complexity index is 386. The molecule has 1 N–H and O–H groups in total. The van der Waals surface area contributed by atoms with Gasteiger partial charge < -0.3 is 10.0 Å². The molecule has 0 saturated carbocycles. The molecule has 1 saturated heterocycles. The lowest BCUT2D eigenvalue weighted by atomic mass is 10.2. The molecular weight excluding hydrogens is 196 g/mol. The minimum atomic E-state index is -0.451. The minimum Gasteiger partial charge on any atom is -0.506 e. The molecule has 5 nitrogen and oxygen atoms in total. The Morgan fingerprint density at radius 2 is 2.00 bits per heavy atom. The lowest BCUT2D eigenvalue weighted by Gasteiger charge is -2.18. The zero-order valence-electron chi connectivity index (χ0n) is 8.22. The first-order valence-corrected chi connectivity index (χ1v) is 4.91. The molecule has 2 rings (SSSR count). The maximum atomic E-state index is 10.8. The molecule has 0 amide bonds. The number of anilines is 1. The smallest absolute Gasteiger partial charge is 0.296 e. The molecule has 0 atom stereocenters. The molecule has 0 radical (unpaired) electrons. The lowest BCUT2D eigenvalue weighted by Crippen LogP contribution is -2.18. The van der Waals surface area contributed by atoms with Gasteiger partial charge in [0.15, 0.2) is 5.69 Å². The minimum absolute atomic E-state index is 0.00824. The van der Waals surface area contributed by atoms with Crippen molar-refractivity contribution >= 4 is 11.4 Å². The van der Waals surface area contributed by atoms with Crippen LogP contribution < -0.4 is 4.90 Å². The number of benzene rings is 1. The monoisotopic (exact) mass is 208 g/mol. The number of phenols is 1. The molecule has 1 aromatic carbocycles. The van der Waals surface area contributed by atoms with E-state index in [1.54, 1.807) is 0 Å². The van der Waals surface area contributed by atoms with E-state index in [9.17, 15) is 15.2 Å². The maximum Gasteiger partial charge on any atom is 0.296 e. The number of hydrogen-bond acceptors (Lipinski definition) is 4. The van der Waals surface area contributed by atoms with Crippen molar-refractivity contribution in [2.45, 2.75) is 12.8 Å². The van der Waals surface area contributed by atoms with E-state index >= 15 is 0 Å². The molecule has 1 fully saturated rings. The summed E-state index contributed by atoms with van der Waals surface area (Å²) in [6.07, 6.45) is 2.04. The van der Waals surface area contributed by atoms with E-state index < -0.39 is 4.92 Å². The fraction of sp³-hybridized carbons (Fsp3) is 0.400. The third kappa shape index (κ3) is 1.72. The van der Waals surface area contributed by atoms with Crippen LogP contribution in [-0.2, 0) is 0 Å². The van der Waals surface area contributed by atoms with Gasteiger partial charge in [0, 0.05) is 19.2 Å². The normalized spacial score (nSPS) is 15.6. The summed E-state index contributed by atoms with van der Waals surface area (Å²) >= 11 is 0. The zero-order chi connectivity index (χ0) is 10.8. The Morgan fingerprint density at radius 1 is 1.33 bits per heavy atom. The van der Waals surface area contributed by atoms with Crippen LogP contribution in [0.5, 0.6) is 5.75 Å². The second kappa shape index (κ2) is 3.76. The van der Waals surface area contributed by atoms with E-state index in [1.165, 1.54) is 18.2 Å². The summed E-state index contributed by atoms with van der Waals surface area (Å²) in [4.78, 5) is 12.2. The van der Waals surface area contributed by atoms with E-state index in [0.717, 1.165) is 25.9 Å². The van der Waals surface area contributed by atoms with Crippen molar-refractivity contribution in [3.05, 3.63) is 28.3 Å². The SMILES string of the molecule is O=[N+]([O-])c1cccc(O)c1N1CCCC1. The molecule has 0 spiro atoms. The topological polar surface area (TPSA) is 66.6 Å². The first-order chi connectivity index (χ1) is 7.20. The Morgan fingerprint density at radius 3 is 2.60 bits per heavy atom. The standard InChI is InChI=1S/C10H12N2O3/c13-9-5-3-4-8(12(14)15)10(9)11-6-1-2-7-11/h3-5,13H,1-2,6-7H2. The van der Waals surface area contributed by atoms with Crippen LogP contribution >= 0.6 is 0 Å². The zero-order valence-corrected chi connectivity index (χ0v) is 8.22. The van der Waals surface area contributed by atoms with Crippen LogP contribution in [0.4, 0.5) is 11.4 Å². The number of nitro groups is 1. The summed E-state index contributed by atoms with van der Waals surface area (Å²) in [7, 11) is 0. The van der Waals surface area contributed by atoms with Gasteiger partial charge in [-0.15, -0.1) is 0 Å². The van der Waals surface area contributed by atoms with Crippen LogP contribution in [-0.4, -0.2) is 23.1 Å². The molecule has 0 bridgehead atoms. The van der Waals surface area contributed by atoms with Crippen molar-refractivity contribution in [3.63, 3.8) is 0 Å². The molecule has 1 heterocycles. The van der Waals surface area contributed by atoms with Crippen molar-refractivity contribution in [2.75, 3.05) is 18.0 Å². The van der Waals surface area contributed by atoms with Gasteiger partial charge in [0.25, 0.3) is 5.69 Å². The second-order valence-corrected chi connectivity index (χ2v) is 3.60. The molecule has 0 aliphatic carbocycles. The maximum absolute atomic E-state index is 10.8. The van der Waals surface area contributed by atoms with Gasteiger partial charge in [0.05, 0.1) is 4.92 Å². The molecule has 1 aliphatic rings. The van der Waals surface area contributed by atoms with Gasteiger partial charge in [-0.05, 0) is 18.9 Å². The van der Waals surface area contributed by atoms with Crippen molar-refractivity contribution in [3.8, 4) is 5.75 Å². The van der Waals surface area contributed by atoms with Gasteiger partial charge in [0.1, 0.15) is 5.75 Å². The largest absolute Gasteiger partial charge is 0.506 e. The van der Waals surface area contributed by atoms with Crippen LogP contribution in [0, 0.1) is 10.1 Å². The van der Waals surface area contributed by atoms with E-state index in [2.05, 4.69) is 0 Å². The first kappa shape index (κ1) is 9.76. The number of nitrogens with zero attached hydrogens (tertiary/aromatic N) is 2. The molecule has 0 unspecified atom stereocenters. The predicted molar refractivity (Wildman–Crippen MR) is 56.2 cm³/mol. The number of para-hydroxylation sites is 1. The van der Waals surface area contributed by atoms with Gasteiger partial charge in [0.2, 0.25) is 0 Å². The van der Waals surface area contributed by atoms with E-state index in [1.807, 2.05) is 4.90 Å². The summed E-state index contributed by atoms with van der Waals surface area (Å²) in [5.41, 5.74) is 0.344. The van der Waals surface area contributed by atoms with E-state index in [4.69, 9.17) is 0 Å². The van der Waals surface area contributed by atoms with Crippen molar-refractivity contribution < 1.29 is 10.0 Å². The molecule has 0 aromatic heterocycles. The average molecular weight is 208 g/mol. The third-order valence-electron chi connectivity index (χ3n) is 2.61. The van der Waals surface area contributed by atoms with Crippen molar-refractivity contribution in [1.82, 2.24) is 0 Å². The lowest BCUT2D eigenvalue weighted by molar-refractivity contribution is -0.384. The number of nitro benzene ring substituents is 1. The Balaban J connectivity index is 2.46. The molecular formula is C10H12N2O3. The molecule has 80 valence electrons. The van der Waals surface area contributed by atoms with Crippen molar-refractivity contribution in [2.24, 2.45) is 0 Å². The van der Waals surface area contributed by atoms with Gasteiger partial charge in [-0.2, -0.15) is 0 Å². The Labute approximate surface area is 87.1 Å². The number of rotatable bonds is 2. The summed E-state index contributed by atoms with van der Waals surface area (Å²) in [5, 5.41) is 20.5. The number of phenolic OH excluding ortho intramolecular Hbond substituents is 1. The van der Waals surface area contributed by atoms with Crippen LogP contribution in [0.15, 0.2) is 18.2 Å². The molecule has 1 aliphatic heterocycles. The quantitative estimate of drug-likeness (QED) is 0.595. The summed E-state index contributed by atoms with van der Waals surface area (Å²) < 4.78 is 0. The van der Waals surface area contributed by atoms with Crippen molar-refractivity contribution in [1.29, 1.82) is 0 Å². The fourth-order valence-electron chi connectivity index (χ4n) is 1.93. The van der Waals surface area contributed by atoms with Gasteiger partial charge in [-0.25, -0.2) is 0 Å². The number of hydrogen-bond donors (Lipinski definition) is 1. The summed E-state index contributed by atoms with van der Waals surface area (Å²) in [6.45, 7) is 1.55. The Kier molecular flexibility index (Phi) is 2.45.